The third kappa shape index (κ3) is 3.12. The van der Waals surface area contributed by atoms with Crippen LogP contribution in [0.25, 0.3) is 11.0 Å². The summed E-state index contributed by atoms with van der Waals surface area (Å²) in [5.74, 6) is 5.24. The first-order valence-corrected chi connectivity index (χ1v) is 7.14. The van der Waals surface area contributed by atoms with Gasteiger partial charge in [-0.3, -0.25) is 10.2 Å². The Balaban J connectivity index is 1.87. The summed E-state index contributed by atoms with van der Waals surface area (Å²) in [5, 5.41) is 0. The zero-order valence-corrected chi connectivity index (χ0v) is 12.6. The number of nitrogens with two attached hydrogens (primary N) is 1. The van der Waals surface area contributed by atoms with Crippen molar-refractivity contribution in [3.8, 4) is 5.75 Å². The molecule has 1 aromatic heterocycles. The van der Waals surface area contributed by atoms with Gasteiger partial charge in [0.25, 0.3) is 5.91 Å². The number of carbonyl (C=O) groups is 1. The quantitative estimate of drug-likeness (QED) is 0.438. The molecule has 3 rings (SSSR count). The first kappa shape index (κ1) is 14.9. The van der Waals surface area contributed by atoms with Gasteiger partial charge >= 0.3 is 0 Å². The van der Waals surface area contributed by atoms with E-state index in [1.165, 1.54) is 0 Å². The van der Waals surface area contributed by atoms with Gasteiger partial charge in [0.15, 0.2) is 0 Å². The Morgan fingerprint density at radius 1 is 1.09 bits per heavy atom. The molecule has 3 aromatic rings. The number of amides is 1. The SMILES string of the molecule is Cc1nc2ccccc2nc1COc1ccccc1C(=O)NN. The number of hydrazine groups is 1. The highest BCUT2D eigenvalue weighted by molar-refractivity contribution is 5.96. The molecule has 0 saturated heterocycles. The minimum absolute atomic E-state index is 0.221. The first-order valence-electron chi connectivity index (χ1n) is 7.14. The van der Waals surface area contributed by atoms with E-state index in [4.69, 9.17) is 10.6 Å². The van der Waals surface area contributed by atoms with Gasteiger partial charge in [0, 0.05) is 0 Å². The predicted octanol–water partition coefficient (Wildman–Crippen LogP) is 2.12. The van der Waals surface area contributed by atoms with E-state index < -0.39 is 5.91 Å². The Morgan fingerprint density at radius 2 is 1.74 bits per heavy atom. The lowest BCUT2D eigenvalue weighted by molar-refractivity contribution is 0.0949. The number of nitrogens with one attached hydrogen (secondary N) is 1. The van der Waals surface area contributed by atoms with Crippen LogP contribution in [0.4, 0.5) is 0 Å². The lowest BCUT2D eigenvalue weighted by atomic mass is 10.2. The molecule has 23 heavy (non-hydrogen) atoms. The maximum absolute atomic E-state index is 11.7. The van der Waals surface area contributed by atoms with E-state index >= 15 is 0 Å². The van der Waals surface area contributed by atoms with Crippen LogP contribution in [-0.4, -0.2) is 15.9 Å². The van der Waals surface area contributed by atoms with Gasteiger partial charge < -0.3 is 4.74 Å². The average molecular weight is 308 g/mol. The topological polar surface area (TPSA) is 90.1 Å². The van der Waals surface area contributed by atoms with Crippen LogP contribution in [0.15, 0.2) is 48.5 Å². The van der Waals surface area contributed by atoms with E-state index in [0.29, 0.717) is 11.3 Å². The van der Waals surface area contributed by atoms with Crippen LogP contribution in [0.1, 0.15) is 21.7 Å². The molecule has 0 aliphatic heterocycles. The third-order valence-electron chi connectivity index (χ3n) is 3.47. The Labute approximate surface area is 133 Å². The molecular weight excluding hydrogens is 292 g/mol. The summed E-state index contributed by atoms with van der Waals surface area (Å²) in [6.07, 6.45) is 0. The monoisotopic (exact) mass is 308 g/mol. The van der Waals surface area contributed by atoms with E-state index in [1.54, 1.807) is 24.3 Å². The highest BCUT2D eigenvalue weighted by Crippen LogP contribution is 2.20. The molecule has 1 heterocycles. The molecular formula is C17H16N4O2. The van der Waals surface area contributed by atoms with Gasteiger partial charge in [-0.15, -0.1) is 0 Å². The molecule has 0 unspecified atom stereocenters. The molecule has 0 radical (unpaired) electrons. The summed E-state index contributed by atoms with van der Waals surface area (Å²) in [4.78, 5) is 20.8. The van der Waals surface area contributed by atoms with Gasteiger partial charge in [-0.2, -0.15) is 0 Å². The largest absolute Gasteiger partial charge is 0.486 e. The summed E-state index contributed by atoms with van der Waals surface area (Å²) >= 11 is 0. The maximum atomic E-state index is 11.7. The van der Waals surface area contributed by atoms with E-state index in [2.05, 4.69) is 15.4 Å². The van der Waals surface area contributed by atoms with Crippen molar-refractivity contribution >= 4 is 16.9 Å². The summed E-state index contributed by atoms with van der Waals surface area (Å²) in [7, 11) is 0. The minimum atomic E-state index is -0.401. The smallest absolute Gasteiger partial charge is 0.268 e. The second kappa shape index (κ2) is 6.41. The van der Waals surface area contributed by atoms with Crippen molar-refractivity contribution in [1.82, 2.24) is 15.4 Å². The van der Waals surface area contributed by atoms with Crippen molar-refractivity contribution in [1.29, 1.82) is 0 Å². The molecule has 0 spiro atoms. The molecule has 3 N–H and O–H groups in total. The van der Waals surface area contributed by atoms with Gasteiger partial charge in [0.2, 0.25) is 0 Å². The molecule has 6 nitrogen and oxygen atoms in total. The number of hydrogen-bond donors (Lipinski definition) is 2. The number of rotatable bonds is 4. The standard InChI is InChI=1S/C17H16N4O2/c1-11-15(20-14-8-4-3-7-13(14)19-11)10-23-16-9-5-2-6-12(16)17(22)21-18/h2-9H,10,18H2,1H3,(H,21,22). The fraction of sp³-hybridized carbons (Fsp3) is 0.118. The van der Waals surface area contributed by atoms with Crippen molar-refractivity contribution in [2.75, 3.05) is 0 Å². The molecule has 0 aliphatic rings. The number of fused-ring (bicyclic) bond motifs is 1. The van der Waals surface area contributed by atoms with E-state index in [9.17, 15) is 4.79 Å². The lowest BCUT2D eigenvalue weighted by Gasteiger charge is -2.11. The number of carbonyl (C=O) groups excluding carboxylic acids is 1. The lowest BCUT2D eigenvalue weighted by Crippen LogP contribution is -2.30. The number of nitrogens with zero attached hydrogens (tertiary/aromatic N) is 2. The van der Waals surface area contributed by atoms with Crippen molar-refractivity contribution in [2.24, 2.45) is 5.84 Å². The fourth-order valence-corrected chi connectivity index (χ4v) is 2.27. The molecule has 1 amide bonds. The second-order valence-corrected chi connectivity index (χ2v) is 5.00. The predicted molar refractivity (Wildman–Crippen MR) is 86.7 cm³/mol. The summed E-state index contributed by atoms with van der Waals surface area (Å²) in [5.41, 5.74) is 5.66. The summed E-state index contributed by atoms with van der Waals surface area (Å²) in [6.45, 7) is 2.11. The maximum Gasteiger partial charge on any atom is 0.268 e. The van der Waals surface area contributed by atoms with E-state index in [0.717, 1.165) is 22.4 Å². The number of nitrogen functional groups attached to an aromatic ring is 1. The number of aryl methyl sites for hydroxylation is 1. The molecule has 0 fully saturated rings. The minimum Gasteiger partial charge on any atom is -0.486 e. The molecule has 0 atom stereocenters. The Hall–Kier alpha value is -2.99. The van der Waals surface area contributed by atoms with Crippen LogP contribution < -0.4 is 16.0 Å². The molecule has 0 aliphatic carbocycles. The van der Waals surface area contributed by atoms with Crippen LogP contribution in [0.3, 0.4) is 0 Å². The van der Waals surface area contributed by atoms with Crippen molar-refractivity contribution < 1.29 is 9.53 Å². The van der Waals surface area contributed by atoms with Crippen LogP contribution >= 0.6 is 0 Å². The van der Waals surface area contributed by atoms with E-state index in [1.807, 2.05) is 31.2 Å². The van der Waals surface area contributed by atoms with Crippen LogP contribution in [0.2, 0.25) is 0 Å². The number of hydrogen-bond acceptors (Lipinski definition) is 5. The first-order chi connectivity index (χ1) is 11.2. The summed E-state index contributed by atoms with van der Waals surface area (Å²) < 4.78 is 5.76. The Bertz CT molecular complexity index is 864. The zero-order chi connectivity index (χ0) is 16.2. The van der Waals surface area contributed by atoms with Crippen molar-refractivity contribution in [3.63, 3.8) is 0 Å². The van der Waals surface area contributed by atoms with Crippen molar-refractivity contribution in [2.45, 2.75) is 13.5 Å². The number of para-hydroxylation sites is 3. The number of ether oxygens (including phenoxy) is 1. The normalized spacial score (nSPS) is 10.5. The van der Waals surface area contributed by atoms with Gasteiger partial charge in [-0.1, -0.05) is 24.3 Å². The number of benzene rings is 2. The fourth-order valence-electron chi connectivity index (χ4n) is 2.27. The average Bonchev–Trinajstić information content (AvgIpc) is 2.59. The van der Waals surface area contributed by atoms with Crippen LogP contribution in [-0.2, 0) is 6.61 Å². The molecule has 2 aromatic carbocycles. The van der Waals surface area contributed by atoms with Gasteiger partial charge in [0.05, 0.1) is 28.0 Å². The highest BCUT2D eigenvalue weighted by atomic mass is 16.5. The highest BCUT2D eigenvalue weighted by Gasteiger charge is 2.12. The molecule has 0 saturated carbocycles. The summed E-state index contributed by atoms with van der Waals surface area (Å²) in [6, 6.07) is 14.6. The molecule has 116 valence electrons. The molecule has 0 bridgehead atoms. The Kier molecular flexibility index (Phi) is 4.16. The van der Waals surface area contributed by atoms with Crippen LogP contribution in [0, 0.1) is 6.92 Å². The van der Waals surface area contributed by atoms with Gasteiger partial charge in [0.1, 0.15) is 12.4 Å². The second-order valence-electron chi connectivity index (χ2n) is 5.00. The zero-order valence-electron chi connectivity index (χ0n) is 12.6. The van der Waals surface area contributed by atoms with Gasteiger partial charge in [-0.05, 0) is 31.2 Å². The van der Waals surface area contributed by atoms with Crippen molar-refractivity contribution in [3.05, 3.63) is 65.5 Å². The van der Waals surface area contributed by atoms with Gasteiger partial charge in [-0.25, -0.2) is 15.8 Å². The number of aromatic nitrogens is 2. The Morgan fingerprint density at radius 3 is 2.48 bits per heavy atom. The van der Waals surface area contributed by atoms with E-state index in [-0.39, 0.29) is 6.61 Å². The third-order valence-corrected chi connectivity index (χ3v) is 3.47. The van der Waals surface area contributed by atoms with Crippen LogP contribution in [0.5, 0.6) is 5.75 Å². The molecule has 6 heteroatoms.